The number of fused-ring (bicyclic) bond motifs is 9. The van der Waals surface area contributed by atoms with Crippen LogP contribution in [0.2, 0.25) is 0 Å². The second-order valence-electron chi connectivity index (χ2n) is 14.1. The SMILES string of the molecule is c1ccc(-c2cc(-c3ccccc3)cc(-c3ccc(-n4c5ccccc5c5c4ccc4c6ccc7ccccc7c6n(-c6ccccc6)c45)cc3)c2)cc1. The van der Waals surface area contributed by atoms with Crippen LogP contribution >= 0.6 is 0 Å². The maximum absolute atomic E-state index is 2.50. The molecule has 0 spiro atoms. The molecule has 0 atom stereocenters. The summed E-state index contributed by atoms with van der Waals surface area (Å²) in [5, 5.41) is 7.54. The molecular formula is C52H34N2. The molecule has 2 aromatic heterocycles. The average molecular weight is 687 g/mol. The fraction of sp³-hybridized carbons (Fsp3) is 0. The molecule has 0 saturated carbocycles. The van der Waals surface area contributed by atoms with Crippen molar-refractivity contribution in [2.45, 2.75) is 0 Å². The molecule has 2 nitrogen and oxygen atoms in total. The molecule has 54 heavy (non-hydrogen) atoms. The number of aromatic nitrogens is 2. The van der Waals surface area contributed by atoms with Crippen LogP contribution in [0.4, 0.5) is 0 Å². The van der Waals surface area contributed by atoms with Gasteiger partial charge in [-0.05, 0) is 93.4 Å². The minimum absolute atomic E-state index is 1.14. The normalized spacial score (nSPS) is 11.7. The van der Waals surface area contributed by atoms with Crippen LogP contribution in [-0.4, -0.2) is 9.13 Å². The molecule has 0 aliphatic heterocycles. The lowest BCUT2D eigenvalue weighted by atomic mass is 9.93. The Hall–Kier alpha value is -7.16. The van der Waals surface area contributed by atoms with Gasteiger partial charge in [0.25, 0.3) is 0 Å². The summed E-state index contributed by atoms with van der Waals surface area (Å²) >= 11 is 0. The summed E-state index contributed by atoms with van der Waals surface area (Å²) < 4.78 is 4.94. The molecule has 252 valence electrons. The Bertz CT molecular complexity index is 3110. The highest BCUT2D eigenvalue weighted by Crippen LogP contribution is 2.44. The van der Waals surface area contributed by atoms with Gasteiger partial charge in [-0.2, -0.15) is 0 Å². The maximum Gasteiger partial charge on any atom is 0.0641 e. The molecule has 0 bridgehead atoms. The standard InChI is InChI=1S/C52H34N2/c1-4-14-35(15-5-1)39-32-40(36-16-6-2-7-17-36)34-41(33-39)37-24-27-43(28-25-37)53-48-23-13-12-22-47(48)50-49(53)31-30-46-45-29-26-38-18-10-11-21-44(38)51(45)54(52(46)50)42-19-8-3-9-20-42/h1-34H. The highest BCUT2D eigenvalue weighted by Gasteiger charge is 2.22. The van der Waals surface area contributed by atoms with E-state index in [4.69, 9.17) is 0 Å². The maximum atomic E-state index is 2.50. The molecule has 0 amide bonds. The van der Waals surface area contributed by atoms with Crippen LogP contribution < -0.4 is 0 Å². The van der Waals surface area contributed by atoms with Crippen molar-refractivity contribution in [2.24, 2.45) is 0 Å². The summed E-state index contributed by atoms with van der Waals surface area (Å²) in [5.41, 5.74) is 14.4. The van der Waals surface area contributed by atoms with Crippen LogP contribution in [0.15, 0.2) is 206 Å². The summed E-state index contributed by atoms with van der Waals surface area (Å²) in [6, 6.07) is 75.1. The van der Waals surface area contributed by atoms with E-state index in [1.54, 1.807) is 0 Å². The molecule has 0 unspecified atom stereocenters. The first-order valence-corrected chi connectivity index (χ1v) is 18.6. The Morgan fingerprint density at radius 2 is 0.759 bits per heavy atom. The lowest BCUT2D eigenvalue weighted by Crippen LogP contribution is -1.96. The first-order valence-electron chi connectivity index (χ1n) is 18.6. The average Bonchev–Trinajstić information content (AvgIpc) is 3.78. The molecule has 2 heterocycles. The predicted molar refractivity (Wildman–Crippen MR) is 229 cm³/mol. The third-order valence-corrected chi connectivity index (χ3v) is 11.1. The van der Waals surface area contributed by atoms with Gasteiger partial charge in [0.05, 0.1) is 22.1 Å². The van der Waals surface area contributed by atoms with Gasteiger partial charge >= 0.3 is 0 Å². The van der Waals surface area contributed by atoms with E-state index in [1.807, 2.05) is 0 Å². The van der Waals surface area contributed by atoms with Crippen LogP contribution in [-0.2, 0) is 0 Å². The number of nitrogens with zero attached hydrogens (tertiary/aromatic N) is 2. The van der Waals surface area contributed by atoms with Gasteiger partial charge in [-0.15, -0.1) is 0 Å². The summed E-state index contributed by atoms with van der Waals surface area (Å²) in [5.74, 6) is 0. The molecule has 9 aromatic carbocycles. The lowest BCUT2D eigenvalue weighted by Gasteiger charge is -2.13. The van der Waals surface area contributed by atoms with Crippen LogP contribution in [0, 0.1) is 0 Å². The second-order valence-corrected chi connectivity index (χ2v) is 14.1. The quantitative estimate of drug-likeness (QED) is 0.171. The van der Waals surface area contributed by atoms with E-state index in [1.165, 1.54) is 87.8 Å². The first-order chi connectivity index (χ1) is 26.8. The van der Waals surface area contributed by atoms with E-state index in [2.05, 4.69) is 215 Å². The van der Waals surface area contributed by atoms with Crippen LogP contribution in [0.3, 0.4) is 0 Å². The zero-order chi connectivity index (χ0) is 35.6. The van der Waals surface area contributed by atoms with Crippen molar-refractivity contribution in [3.8, 4) is 44.8 Å². The van der Waals surface area contributed by atoms with Crippen molar-refractivity contribution in [3.63, 3.8) is 0 Å². The Morgan fingerprint density at radius 3 is 1.43 bits per heavy atom. The molecule has 0 saturated heterocycles. The van der Waals surface area contributed by atoms with Gasteiger partial charge in [-0.1, -0.05) is 152 Å². The molecule has 0 N–H and O–H groups in total. The zero-order valence-corrected chi connectivity index (χ0v) is 29.5. The summed E-state index contributed by atoms with van der Waals surface area (Å²) in [6.07, 6.45) is 0. The number of rotatable bonds is 5. The summed E-state index contributed by atoms with van der Waals surface area (Å²) in [7, 11) is 0. The fourth-order valence-electron chi connectivity index (χ4n) is 8.62. The Balaban J connectivity index is 1.14. The highest BCUT2D eigenvalue weighted by atomic mass is 15.0. The molecule has 2 heteroatoms. The molecular weight excluding hydrogens is 653 g/mol. The van der Waals surface area contributed by atoms with Crippen molar-refractivity contribution in [1.29, 1.82) is 0 Å². The van der Waals surface area contributed by atoms with Gasteiger partial charge in [-0.25, -0.2) is 0 Å². The van der Waals surface area contributed by atoms with E-state index in [0.717, 1.165) is 11.4 Å². The summed E-state index contributed by atoms with van der Waals surface area (Å²) in [6.45, 7) is 0. The van der Waals surface area contributed by atoms with Crippen molar-refractivity contribution in [2.75, 3.05) is 0 Å². The van der Waals surface area contributed by atoms with E-state index in [0.29, 0.717) is 0 Å². The van der Waals surface area contributed by atoms with Gasteiger partial charge in [0.15, 0.2) is 0 Å². The van der Waals surface area contributed by atoms with Gasteiger partial charge in [0, 0.05) is 38.3 Å². The van der Waals surface area contributed by atoms with Crippen molar-refractivity contribution >= 4 is 54.4 Å². The largest absolute Gasteiger partial charge is 0.309 e. The number of hydrogen-bond acceptors (Lipinski definition) is 0. The molecule has 0 aliphatic rings. The zero-order valence-electron chi connectivity index (χ0n) is 29.5. The van der Waals surface area contributed by atoms with Crippen LogP contribution in [0.5, 0.6) is 0 Å². The third kappa shape index (κ3) is 4.74. The molecule has 0 radical (unpaired) electrons. The topological polar surface area (TPSA) is 9.86 Å². The summed E-state index contributed by atoms with van der Waals surface area (Å²) in [4.78, 5) is 0. The predicted octanol–water partition coefficient (Wildman–Crippen LogP) is 14.0. The fourth-order valence-corrected chi connectivity index (χ4v) is 8.62. The number of benzene rings is 9. The second kappa shape index (κ2) is 12.2. The Kier molecular flexibility index (Phi) is 6.90. The molecule has 0 aliphatic carbocycles. The van der Waals surface area contributed by atoms with E-state index in [-0.39, 0.29) is 0 Å². The number of para-hydroxylation sites is 2. The van der Waals surface area contributed by atoms with Crippen LogP contribution in [0.25, 0.3) is 99.1 Å². The minimum Gasteiger partial charge on any atom is -0.309 e. The third-order valence-electron chi connectivity index (χ3n) is 11.1. The van der Waals surface area contributed by atoms with Crippen molar-refractivity contribution in [3.05, 3.63) is 206 Å². The highest BCUT2D eigenvalue weighted by molar-refractivity contribution is 6.28. The molecule has 0 fully saturated rings. The Labute approximate surface area is 313 Å². The van der Waals surface area contributed by atoms with Crippen molar-refractivity contribution in [1.82, 2.24) is 9.13 Å². The Morgan fingerprint density at radius 1 is 0.259 bits per heavy atom. The first kappa shape index (κ1) is 30.5. The van der Waals surface area contributed by atoms with E-state index < -0.39 is 0 Å². The van der Waals surface area contributed by atoms with Gasteiger partial charge < -0.3 is 9.13 Å². The number of hydrogen-bond donors (Lipinski definition) is 0. The molecule has 11 rings (SSSR count). The van der Waals surface area contributed by atoms with E-state index in [9.17, 15) is 0 Å². The van der Waals surface area contributed by atoms with Gasteiger partial charge in [0.2, 0.25) is 0 Å². The smallest absolute Gasteiger partial charge is 0.0641 e. The lowest BCUT2D eigenvalue weighted by molar-refractivity contribution is 1.18. The monoisotopic (exact) mass is 686 g/mol. The van der Waals surface area contributed by atoms with E-state index >= 15 is 0 Å². The molecule has 11 aromatic rings. The van der Waals surface area contributed by atoms with Gasteiger partial charge in [0.1, 0.15) is 0 Å². The van der Waals surface area contributed by atoms with Crippen molar-refractivity contribution < 1.29 is 0 Å². The minimum atomic E-state index is 1.14. The van der Waals surface area contributed by atoms with Gasteiger partial charge in [-0.3, -0.25) is 0 Å². The van der Waals surface area contributed by atoms with Crippen LogP contribution in [0.1, 0.15) is 0 Å².